The minimum Gasteiger partial charge on any atom is -0.444 e. The van der Waals surface area contributed by atoms with Gasteiger partial charge < -0.3 is 9.73 Å². The van der Waals surface area contributed by atoms with E-state index in [4.69, 9.17) is 4.42 Å². The van der Waals surface area contributed by atoms with Crippen LogP contribution in [0, 0.1) is 19.7 Å². The number of amides is 1. The Bertz CT molecular complexity index is 606. The smallest absolute Gasteiger partial charge is 0.252 e. The van der Waals surface area contributed by atoms with E-state index < -0.39 is 5.82 Å². The molecule has 1 aromatic carbocycles. The van der Waals surface area contributed by atoms with Crippen molar-refractivity contribution in [1.29, 1.82) is 0 Å². The van der Waals surface area contributed by atoms with Crippen molar-refractivity contribution in [3.05, 3.63) is 51.4 Å². The summed E-state index contributed by atoms with van der Waals surface area (Å²) in [5.41, 5.74) is 1.16. The maximum absolute atomic E-state index is 12.9. The number of nitrogens with one attached hydrogen (secondary N) is 1. The Hall–Kier alpha value is -1.69. The third-order valence-electron chi connectivity index (χ3n) is 2.65. The van der Waals surface area contributed by atoms with Gasteiger partial charge in [0.2, 0.25) is 5.89 Å². The van der Waals surface area contributed by atoms with E-state index in [-0.39, 0.29) is 12.5 Å². The summed E-state index contributed by atoms with van der Waals surface area (Å²) < 4.78 is 18.7. The number of oxazole rings is 1. The zero-order valence-electron chi connectivity index (χ0n) is 10.5. The topological polar surface area (TPSA) is 55.1 Å². The lowest BCUT2D eigenvalue weighted by Crippen LogP contribution is -2.23. The predicted octanol–water partition coefficient (Wildman–Crippen LogP) is 3.12. The number of nitrogens with zero attached hydrogens (tertiary/aromatic N) is 1. The molecule has 1 amide bonds. The van der Waals surface area contributed by atoms with Gasteiger partial charge in [0, 0.05) is 4.47 Å². The average molecular weight is 327 g/mol. The number of hydrogen-bond donors (Lipinski definition) is 1. The summed E-state index contributed by atoms with van der Waals surface area (Å²) in [7, 11) is 0. The first kappa shape index (κ1) is 13.7. The summed E-state index contributed by atoms with van der Waals surface area (Å²) in [4.78, 5) is 16.1. The van der Waals surface area contributed by atoms with Gasteiger partial charge in [0.15, 0.2) is 0 Å². The number of aryl methyl sites for hydroxylation is 2. The number of aromatic nitrogens is 1. The molecular formula is C13H12BrFN2O2. The van der Waals surface area contributed by atoms with Crippen LogP contribution >= 0.6 is 15.9 Å². The second-order valence-corrected chi connectivity index (χ2v) is 4.91. The van der Waals surface area contributed by atoms with E-state index in [9.17, 15) is 9.18 Å². The molecule has 0 spiro atoms. The highest BCUT2D eigenvalue weighted by Gasteiger charge is 2.12. The largest absolute Gasteiger partial charge is 0.444 e. The molecule has 2 aromatic rings. The number of halogens is 2. The van der Waals surface area contributed by atoms with Crippen molar-refractivity contribution in [2.45, 2.75) is 20.4 Å². The van der Waals surface area contributed by atoms with Crippen LogP contribution in [0.15, 0.2) is 27.1 Å². The first-order valence-electron chi connectivity index (χ1n) is 5.63. The quantitative estimate of drug-likeness (QED) is 0.942. The molecule has 100 valence electrons. The van der Waals surface area contributed by atoms with Crippen LogP contribution in [0.1, 0.15) is 27.7 Å². The van der Waals surface area contributed by atoms with E-state index in [1.165, 1.54) is 18.2 Å². The van der Waals surface area contributed by atoms with Crippen molar-refractivity contribution in [1.82, 2.24) is 10.3 Å². The van der Waals surface area contributed by atoms with Gasteiger partial charge in [-0.2, -0.15) is 0 Å². The van der Waals surface area contributed by atoms with Crippen molar-refractivity contribution < 1.29 is 13.6 Å². The molecule has 0 radical (unpaired) electrons. The molecule has 0 aliphatic heterocycles. The van der Waals surface area contributed by atoms with E-state index in [0.29, 0.717) is 15.9 Å². The molecule has 0 bridgehead atoms. The van der Waals surface area contributed by atoms with E-state index in [2.05, 4.69) is 26.2 Å². The Balaban J connectivity index is 2.05. The van der Waals surface area contributed by atoms with Crippen LogP contribution in [0.5, 0.6) is 0 Å². The minimum atomic E-state index is -0.401. The van der Waals surface area contributed by atoms with Crippen LogP contribution in [0.4, 0.5) is 4.39 Å². The van der Waals surface area contributed by atoms with E-state index >= 15 is 0 Å². The summed E-state index contributed by atoms with van der Waals surface area (Å²) >= 11 is 3.15. The Labute approximate surface area is 118 Å². The zero-order chi connectivity index (χ0) is 14.0. The Morgan fingerprint density at radius 2 is 2.21 bits per heavy atom. The lowest BCUT2D eigenvalue weighted by molar-refractivity contribution is 0.0946. The van der Waals surface area contributed by atoms with Gasteiger partial charge in [-0.1, -0.05) is 0 Å². The summed E-state index contributed by atoms with van der Waals surface area (Å²) in [5.74, 6) is 0.455. The van der Waals surface area contributed by atoms with Crippen LogP contribution in [0.25, 0.3) is 0 Å². The molecule has 0 atom stereocenters. The first-order chi connectivity index (χ1) is 8.97. The Kier molecular flexibility index (Phi) is 3.99. The van der Waals surface area contributed by atoms with Gasteiger partial charge >= 0.3 is 0 Å². The number of benzene rings is 1. The third kappa shape index (κ3) is 3.20. The molecule has 1 aromatic heterocycles. The van der Waals surface area contributed by atoms with Crippen LogP contribution in [-0.4, -0.2) is 10.9 Å². The number of hydrogen-bond acceptors (Lipinski definition) is 3. The maximum atomic E-state index is 12.9. The van der Waals surface area contributed by atoms with Gasteiger partial charge in [-0.3, -0.25) is 4.79 Å². The molecule has 1 heterocycles. The van der Waals surface area contributed by atoms with Gasteiger partial charge in [0.05, 0.1) is 17.8 Å². The zero-order valence-corrected chi connectivity index (χ0v) is 12.0. The molecule has 2 rings (SSSR count). The van der Waals surface area contributed by atoms with Crippen LogP contribution in [0.3, 0.4) is 0 Å². The summed E-state index contributed by atoms with van der Waals surface area (Å²) in [6.07, 6.45) is 0. The fourth-order valence-corrected chi connectivity index (χ4v) is 2.07. The summed E-state index contributed by atoms with van der Waals surface area (Å²) in [6.45, 7) is 3.84. The second kappa shape index (κ2) is 5.52. The normalized spacial score (nSPS) is 10.5. The number of rotatable bonds is 3. The second-order valence-electron chi connectivity index (χ2n) is 4.06. The summed E-state index contributed by atoms with van der Waals surface area (Å²) in [5, 5.41) is 2.67. The molecule has 1 N–H and O–H groups in total. The SMILES string of the molecule is Cc1nc(CNC(=O)c2ccc(F)cc2Br)oc1C. The highest BCUT2D eigenvalue weighted by atomic mass is 79.9. The van der Waals surface area contributed by atoms with Gasteiger partial charge in [0.1, 0.15) is 11.6 Å². The minimum absolute atomic E-state index is 0.192. The monoisotopic (exact) mass is 326 g/mol. The van der Waals surface area contributed by atoms with Crippen molar-refractivity contribution in [3.8, 4) is 0 Å². The van der Waals surface area contributed by atoms with Crippen molar-refractivity contribution >= 4 is 21.8 Å². The molecule has 0 fully saturated rings. The average Bonchev–Trinajstić information content (AvgIpc) is 2.66. The first-order valence-corrected chi connectivity index (χ1v) is 6.43. The maximum Gasteiger partial charge on any atom is 0.252 e. The Morgan fingerprint density at radius 1 is 1.47 bits per heavy atom. The molecular weight excluding hydrogens is 315 g/mol. The predicted molar refractivity (Wildman–Crippen MR) is 71.2 cm³/mol. The third-order valence-corrected chi connectivity index (χ3v) is 3.30. The van der Waals surface area contributed by atoms with E-state index in [1.54, 1.807) is 0 Å². The van der Waals surface area contributed by atoms with E-state index in [1.807, 2.05) is 13.8 Å². The fourth-order valence-electron chi connectivity index (χ4n) is 1.54. The molecule has 0 aliphatic carbocycles. The highest BCUT2D eigenvalue weighted by molar-refractivity contribution is 9.10. The van der Waals surface area contributed by atoms with Crippen LogP contribution in [0.2, 0.25) is 0 Å². The van der Waals surface area contributed by atoms with Crippen LogP contribution in [-0.2, 0) is 6.54 Å². The van der Waals surface area contributed by atoms with Crippen molar-refractivity contribution in [3.63, 3.8) is 0 Å². The summed E-state index contributed by atoms with van der Waals surface area (Å²) in [6, 6.07) is 3.90. The molecule has 19 heavy (non-hydrogen) atoms. The number of carbonyl (C=O) groups excluding carboxylic acids is 1. The molecule has 6 heteroatoms. The van der Waals surface area contributed by atoms with E-state index in [0.717, 1.165) is 11.5 Å². The molecule has 0 saturated heterocycles. The molecule has 4 nitrogen and oxygen atoms in total. The van der Waals surface area contributed by atoms with Gasteiger partial charge in [0.25, 0.3) is 5.91 Å². The molecule has 0 unspecified atom stereocenters. The van der Waals surface area contributed by atoms with Gasteiger partial charge in [-0.25, -0.2) is 9.37 Å². The van der Waals surface area contributed by atoms with Crippen molar-refractivity contribution in [2.75, 3.05) is 0 Å². The van der Waals surface area contributed by atoms with Gasteiger partial charge in [-0.05, 0) is 48.0 Å². The lowest BCUT2D eigenvalue weighted by Gasteiger charge is -2.05. The standard InChI is InChI=1S/C13H12BrFN2O2/c1-7-8(2)19-12(17-7)6-16-13(18)10-4-3-9(15)5-11(10)14/h3-5H,6H2,1-2H3,(H,16,18). The van der Waals surface area contributed by atoms with Crippen LogP contribution < -0.4 is 5.32 Å². The number of carbonyl (C=O) groups is 1. The Morgan fingerprint density at radius 3 is 2.79 bits per heavy atom. The molecule has 0 aliphatic rings. The highest BCUT2D eigenvalue weighted by Crippen LogP contribution is 2.18. The van der Waals surface area contributed by atoms with Gasteiger partial charge in [-0.15, -0.1) is 0 Å². The fraction of sp³-hybridized carbons (Fsp3) is 0.231. The van der Waals surface area contributed by atoms with Crippen molar-refractivity contribution in [2.24, 2.45) is 0 Å². The molecule has 0 saturated carbocycles. The lowest BCUT2D eigenvalue weighted by atomic mass is 10.2.